The largest absolute Gasteiger partial charge is 0.391 e. The van der Waals surface area contributed by atoms with Crippen LogP contribution < -0.4 is 0 Å². The minimum Gasteiger partial charge on any atom is -0.391 e. The lowest BCUT2D eigenvalue weighted by atomic mass is 10.1. The Hall–Kier alpha value is -0.860. The number of benzene rings is 1. The maximum absolute atomic E-state index is 9.80. The number of aliphatic hydroxyl groups is 1. The Labute approximate surface area is 91.5 Å². The van der Waals surface area contributed by atoms with Crippen LogP contribution >= 0.6 is 0 Å². The molecule has 0 amide bonds. The number of rotatable bonds is 5. The summed E-state index contributed by atoms with van der Waals surface area (Å²) in [6.45, 7) is 4.15. The SMILES string of the molecule is CCC[C@@H](O)[C@@H]1CN1Cc1ccccc1. The first kappa shape index (κ1) is 10.7. The van der Waals surface area contributed by atoms with E-state index in [1.807, 2.05) is 6.07 Å². The van der Waals surface area contributed by atoms with E-state index >= 15 is 0 Å². The van der Waals surface area contributed by atoms with Crippen LogP contribution in [0.2, 0.25) is 0 Å². The minimum absolute atomic E-state index is 0.126. The van der Waals surface area contributed by atoms with Crippen molar-refractivity contribution in [1.82, 2.24) is 4.90 Å². The molecule has 0 aromatic heterocycles. The van der Waals surface area contributed by atoms with Crippen LogP contribution in [0.1, 0.15) is 25.3 Å². The predicted molar refractivity (Wildman–Crippen MR) is 61.6 cm³/mol. The van der Waals surface area contributed by atoms with Crippen molar-refractivity contribution in [2.24, 2.45) is 0 Å². The fourth-order valence-corrected chi connectivity index (χ4v) is 2.05. The van der Waals surface area contributed by atoms with Gasteiger partial charge in [0.25, 0.3) is 0 Å². The van der Waals surface area contributed by atoms with Crippen LogP contribution in [0.15, 0.2) is 30.3 Å². The highest BCUT2D eigenvalue weighted by Gasteiger charge is 2.38. The van der Waals surface area contributed by atoms with E-state index in [-0.39, 0.29) is 6.10 Å². The molecular formula is C13H19NO. The van der Waals surface area contributed by atoms with Crippen LogP contribution in [0.5, 0.6) is 0 Å². The molecule has 82 valence electrons. The zero-order valence-electron chi connectivity index (χ0n) is 9.26. The van der Waals surface area contributed by atoms with E-state index in [0.717, 1.165) is 25.9 Å². The number of hydrogen-bond donors (Lipinski definition) is 1. The van der Waals surface area contributed by atoms with E-state index < -0.39 is 0 Å². The van der Waals surface area contributed by atoms with Gasteiger partial charge >= 0.3 is 0 Å². The predicted octanol–water partition coefficient (Wildman–Crippen LogP) is 2.03. The fraction of sp³-hybridized carbons (Fsp3) is 0.538. The maximum Gasteiger partial charge on any atom is 0.0707 e. The van der Waals surface area contributed by atoms with E-state index in [0.29, 0.717) is 6.04 Å². The van der Waals surface area contributed by atoms with Gasteiger partial charge in [0.2, 0.25) is 0 Å². The van der Waals surface area contributed by atoms with Gasteiger partial charge in [0.1, 0.15) is 0 Å². The summed E-state index contributed by atoms with van der Waals surface area (Å²) in [7, 11) is 0. The van der Waals surface area contributed by atoms with E-state index in [1.54, 1.807) is 0 Å². The molecule has 0 radical (unpaired) electrons. The number of hydrogen-bond acceptors (Lipinski definition) is 2. The zero-order chi connectivity index (χ0) is 10.7. The Balaban J connectivity index is 1.80. The van der Waals surface area contributed by atoms with Crippen LogP contribution in [0.4, 0.5) is 0 Å². The molecule has 2 heteroatoms. The molecule has 1 unspecified atom stereocenters. The summed E-state index contributed by atoms with van der Waals surface area (Å²) in [5.41, 5.74) is 1.34. The van der Waals surface area contributed by atoms with Crippen LogP contribution in [-0.4, -0.2) is 28.7 Å². The van der Waals surface area contributed by atoms with Crippen LogP contribution in [-0.2, 0) is 6.54 Å². The quantitative estimate of drug-likeness (QED) is 0.743. The number of aliphatic hydroxyl groups excluding tert-OH is 1. The molecule has 0 aliphatic carbocycles. The summed E-state index contributed by atoms with van der Waals surface area (Å²) >= 11 is 0. The summed E-state index contributed by atoms with van der Waals surface area (Å²) in [4.78, 5) is 2.33. The number of nitrogens with zero attached hydrogens (tertiary/aromatic N) is 1. The summed E-state index contributed by atoms with van der Waals surface area (Å²) in [6, 6.07) is 10.9. The van der Waals surface area contributed by atoms with Crippen molar-refractivity contribution in [3.8, 4) is 0 Å². The second kappa shape index (κ2) is 4.77. The Morgan fingerprint density at radius 2 is 2.13 bits per heavy atom. The van der Waals surface area contributed by atoms with Crippen molar-refractivity contribution in [1.29, 1.82) is 0 Å². The lowest BCUT2D eigenvalue weighted by Crippen LogP contribution is -2.18. The second-order valence-corrected chi connectivity index (χ2v) is 4.34. The highest BCUT2D eigenvalue weighted by Crippen LogP contribution is 2.25. The lowest BCUT2D eigenvalue weighted by Gasteiger charge is -2.09. The van der Waals surface area contributed by atoms with Gasteiger partial charge in [-0.25, -0.2) is 0 Å². The second-order valence-electron chi connectivity index (χ2n) is 4.34. The van der Waals surface area contributed by atoms with Crippen molar-refractivity contribution in [2.45, 2.75) is 38.5 Å². The molecule has 0 bridgehead atoms. The average Bonchev–Trinajstić information content (AvgIpc) is 2.99. The third-order valence-electron chi connectivity index (χ3n) is 3.01. The van der Waals surface area contributed by atoms with Gasteiger partial charge in [0.05, 0.1) is 6.10 Å². The molecule has 1 aromatic carbocycles. The average molecular weight is 205 g/mol. The molecule has 1 N–H and O–H groups in total. The summed E-state index contributed by atoms with van der Waals surface area (Å²) in [5.74, 6) is 0. The van der Waals surface area contributed by atoms with E-state index in [4.69, 9.17) is 0 Å². The van der Waals surface area contributed by atoms with Gasteiger partial charge in [-0.05, 0) is 12.0 Å². The highest BCUT2D eigenvalue weighted by molar-refractivity contribution is 5.16. The van der Waals surface area contributed by atoms with E-state index in [1.165, 1.54) is 5.56 Å². The van der Waals surface area contributed by atoms with Crippen molar-refractivity contribution in [3.63, 3.8) is 0 Å². The Bertz CT molecular complexity index is 299. The Morgan fingerprint density at radius 3 is 2.80 bits per heavy atom. The Kier molecular flexibility index (Phi) is 3.39. The zero-order valence-corrected chi connectivity index (χ0v) is 9.26. The lowest BCUT2D eigenvalue weighted by molar-refractivity contribution is 0.144. The smallest absolute Gasteiger partial charge is 0.0707 e. The van der Waals surface area contributed by atoms with Crippen molar-refractivity contribution >= 4 is 0 Å². The fourth-order valence-electron chi connectivity index (χ4n) is 2.05. The first-order valence-corrected chi connectivity index (χ1v) is 5.77. The normalized spacial score (nSPS) is 26.3. The van der Waals surface area contributed by atoms with Gasteiger partial charge in [-0.3, -0.25) is 4.90 Å². The van der Waals surface area contributed by atoms with Gasteiger partial charge in [-0.15, -0.1) is 0 Å². The van der Waals surface area contributed by atoms with Gasteiger partial charge in [0, 0.05) is 19.1 Å². The molecular weight excluding hydrogens is 186 g/mol. The Morgan fingerprint density at radius 1 is 1.40 bits per heavy atom. The molecule has 2 rings (SSSR count). The van der Waals surface area contributed by atoms with Crippen LogP contribution in [0.3, 0.4) is 0 Å². The van der Waals surface area contributed by atoms with Gasteiger partial charge in [0.15, 0.2) is 0 Å². The van der Waals surface area contributed by atoms with Crippen LogP contribution in [0.25, 0.3) is 0 Å². The molecule has 15 heavy (non-hydrogen) atoms. The molecule has 1 aliphatic rings. The monoisotopic (exact) mass is 205 g/mol. The topological polar surface area (TPSA) is 23.2 Å². The first-order valence-electron chi connectivity index (χ1n) is 5.77. The van der Waals surface area contributed by atoms with Crippen molar-refractivity contribution in [3.05, 3.63) is 35.9 Å². The molecule has 1 aromatic rings. The highest BCUT2D eigenvalue weighted by atomic mass is 16.3. The summed E-state index contributed by atoms with van der Waals surface area (Å²) < 4.78 is 0. The van der Waals surface area contributed by atoms with E-state index in [2.05, 4.69) is 36.1 Å². The van der Waals surface area contributed by atoms with Gasteiger partial charge < -0.3 is 5.11 Å². The van der Waals surface area contributed by atoms with E-state index in [9.17, 15) is 5.11 Å². The molecule has 1 fully saturated rings. The molecule has 0 saturated carbocycles. The summed E-state index contributed by atoms with van der Waals surface area (Å²) in [6.07, 6.45) is 1.87. The van der Waals surface area contributed by atoms with Crippen molar-refractivity contribution < 1.29 is 5.11 Å². The van der Waals surface area contributed by atoms with Gasteiger partial charge in [-0.2, -0.15) is 0 Å². The standard InChI is InChI=1S/C13H19NO/c1-2-6-13(15)12-10-14(12)9-11-7-4-3-5-8-11/h3-5,7-8,12-13,15H,2,6,9-10H2,1H3/t12-,13+,14?/m0/s1. The van der Waals surface area contributed by atoms with Crippen molar-refractivity contribution in [2.75, 3.05) is 6.54 Å². The third-order valence-corrected chi connectivity index (χ3v) is 3.01. The van der Waals surface area contributed by atoms with Gasteiger partial charge in [-0.1, -0.05) is 43.7 Å². The molecule has 1 heterocycles. The summed E-state index contributed by atoms with van der Waals surface area (Å²) in [5, 5.41) is 9.80. The maximum atomic E-state index is 9.80. The molecule has 0 spiro atoms. The molecule has 3 atom stereocenters. The molecule has 1 saturated heterocycles. The van der Waals surface area contributed by atoms with Crippen LogP contribution in [0, 0.1) is 0 Å². The third kappa shape index (κ3) is 2.80. The minimum atomic E-state index is -0.126. The molecule has 1 aliphatic heterocycles. The molecule has 2 nitrogen and oxygen atoms in total. The first-order chi connectivity index (χ1) is 7.31.